The van der Waals surface area contributed by atoms with Gasteiger partial charge in [0, 0.05) is 55.8 Å². The molecule has 2 aromatic heterocycles. The maximum atomic E-state index is 7.36. The number of fused-ring (bicyclic) bond motifs is 10. The summed E-state index contributed by atoms with van der Waals surface area (Å²) in [5, 5.41) is 4.19. The molecule has 0 amide bonds. The summed E-state index contributed by atoms with van der Waals surface area (Å²) in [6, 6.07) is 125. The molecule has 0 radical (unpaired) electrons. The van der Waals surface area contributed by atoms with E-state index < -0.39 is 0 Å². The van der Waals surface area contributed by atoms with Crippen molar-refractivity contribution in [2.75, 3.05) is 9.80 Å². The molecule has 5 heteroatoms. The van der Waals surface area contributed by atoms with E-state index in [1.165, 1.54) is 33.1 Å². The first-order valence-electron chi connectivity index (χ1n) is 34.3. The third kappa shape index (κ3) is 9.59. The Morgan fingerprint density at radius 3 is 0.949 bits per heavy atom. The van der Waals surface area contributed by atoms with Gasteiger partial charge in [-0.15, -0.1) is 0 Å². The van der Waals surface area contributed by atoms with Crippen LogP contribution in [-0.2, 0) is 5.41 Å². The lowest BCUT2D eigenvalue weighted by Crippen LogP contribution is -2.61. The Hall–Kier alpha value is -12.4. The molecule has 0 unspecified atom stereocenters. The Bertz CT molecular complexity index is 5930. The standard InChI is InChI=1S/C94H65BN2O2/c1-94(2,3)72-56-83-89-84(57-72)97(91-76(64-37-19-8-20-38-64)59-78(66-41-23-10-24-42-66)93-88(91)74-44-26-28-46-86(74)99-93)82-50-48-68(71-52-69(61-31-13-5-14-32-61)51-70(53-71)62-33-15-6-16-34-62)55-80(82)95(89)79-54-67(60-29-11-4-12-30-60)47-49-81(79)96(83)90-75(63-35-17-7-18-36-63)58-77(65-39-21-9-22-40-65)92-87(90)73-43-25-27-45-85(73)98-92/h4-59H,1-3H3. The van der Waals surface area contributed by atoms with Gasteiger partial charge in [0.1, 0.15) is 22.3 Å². The lowest BCUT2D eigenvalue weighted by Gasteiger charge is -2.46. The second-order valence-electron chi connectivity index (χ2n) is 27.4. The summed E-state index contributed by atoms with van der Waals surface area (Å²) in [5.74, 6) is 0. The highest BCUT2D eigenvalue weighted by molar-refractivity contribution is 7.00. The van der Waals surface area contributed by atoms with Crippen LogP contribution in [0.25, 0.3) is 133 Å². The van der Waals surface area contributed by atoms with Crippen molar-refractivity contribution < 1.29 is 8.83 Å². The molecule has 2 aliphatic heterocycles. The van der Waals surface area contributed by atoms with Crippen LogP contribution in [0.5, 0.6) is 0 Å². The van der Waals surface area contributed by atoms with Gasteiger partial charge >= 0.3 is 0 Å². The molecule has 17 aromatic rings. The van der Waals surface area contributed by atoms with Crippen molar-refractivity contribution in [3.63, 3.8) is 0 Å². The molecule has 0 bridgehead atoms. The first-order chi connectivity index (χ1) is 48.8. The molecule has 466 valence electrons. The lowest BCUT2D eigenvalue weighted by molar-refractivity contribution is 0.590. The minimum atomic E-state index is -0.339. The number of benzene rings is 15. The maximum absolute atomic E-state index is 7.36. The van der Waals surface area contributed by atoms with Crippen LogP contribution in [0.2, 0.25) is 0 Å². The summed E-state index contributed by atoms with van der Waals surface area (Å²) >= 11 is 0. The fourth-order valence-corrected chi connectivity index (χ4v) is 15.9. The molecule has 0 saturated carbocycles. The summed E-state index contributed by atoms with van der Waals surface area (Å²) in [6.07, 6.45) is 0. The van der Waals surface area contributed by atoms with Gasteiger partial charge in [-0.2, -0.15) is 0 Å². The van der Waals surface area contributed by atoms with Crippen LogP contribution in [0, 0.1) is 0 Å². The van der Waals surface area contributed by atoms with E-state index in [-0.39, 0.29) is 12.1 Å². The molecule has 0 fully saturated rings. The van der Waals surface area contributed by atoms with E-state index in [4.69, 9.17) is 8.83 Å². The number of rotatable bonds is 10. The quantitative estimate of drug-likeness (QED) is 0.128. The molecule has 2 aliphatic rings. The molecular weight excluding hydrogens is 1200 g/mol. The minimum absolute atomic E-state index is 0.295. The summed E-state index contributed by atoms with van der Waals surface area (Å²) in [4.78, 5) is 5.31. The van der Waals surface area contributed by atoms with Crippen molar-refractivity contribution in [3.8, 4) is 89.0 Å². The fraction of sp³-hybridized carbons (Fsp3) is 0.0426. The minimum Gasteiger partial charge on any atom is -0.455 e. The van der Waals surface area contributed by atoms with Gasteiger partial charge in [-0.25, -0.2) is 0 Å². The van der Waals surface area contributed by atoms with Crippen molar-refractivity contribution in [2.24, 2.45) is 0 Å². The predicted molar refractivity (Wildman–Crippen MR) is 417 cm³/mol. The van der Waals surface area contributed by atoms with Crippen LogP contribution < -0.4 is 26.2 Å². The highest BCUT2D eigenvalue weighted by Crippen LogP contribution is 2.57. The number of hydrogen-bond donors (Lipinski definition) is 0. The summed E-state index contributed by atoms with van der Waals surface area (Å²) in [7, 11) is 0. The summed E-state index contributed by atoms with van der Waals surface area (Å²) < 4.78 is 14.7. The van der Waals surface area contributed by atoms with E-state index in [1.54, 1.807) is 0 Å². The van der Waals surface area contributed by atoms with Crippen molar-refractivity contribution in [1.29, 1.82) is 0 Å². The third-order valence-corrected chi connectivity index (χ3v) is 20.5. The zero-order valence-corrected chi connectivity index (χ0v) is 55.1. The topological polar surface area (TPSA) is 32.8 Å². The monoisotopic (exact) mass is 1260 g/mol. The van der Waals surface area contributed by atoms with E-state index in [1.807, 2.05) is 0 Å². The van der Waals surface area contributed by atoms with Crippen LogP contribution in [0.1, 0.15) is 26.3 Å². The van der Waals surface area contributed by atoms with Gasteiger partial charge in [-0.3, -0.25) is 0 Å². The Balaban J connectivity index is 0.999. The van der Waals surface area contributed by atoms with Gasteiger partial charge in [-0.1, -0.05) is 294 Å². The Morgan fingerprint density at radius 2 is 0.576 bits per heavy atom. The molecule has 0 N–H and O–H groups in total. The van der Waals surface area contributed by atoms with Gasteiger partial charge in [0.05, 0.1) is 22.1 Å². The molecule has 0 saturated heterocycles. The molecule has 0 aliphatic carbocycles. The largest absolute Gasteiger partial charge is 0.455 e. The predicted octanol–water partition coefficient (Wildman–Crippen LogP) is 24.2. The van der Waals surface area contributed by atoms with Gasteiger partial charge in [0.2, 0.25) is 0 Å². The Kier molecular flexibility index (Phi) is 13.6. The smallest absolute Gasteiger partial charge is 0.252 e. The average molecular weight is 1270 g/mol. The fourth-order valence-electron chi connectivity index (χ4n) is 15.9. The SMILES string of the molecule is CC(C)(C)c1cc2c3c(c1)N(c1c(-c4ccccc4)cc(-c4ccccc4)c4oc5ccccc5c14)c1ccc(-c4cc(-c5ccccc5)cc(-c5ccccc5)c4)cc1B3c1cc(-c3ccccc3)ccc1N2c1c(-c2ccccc2)cc(-c2ccccc2)c2oc3ccccc3c12. The van der Waals surface area contributed by atoms with E-state index in [0.29, 0.717) is 0 Å². The van der Waals surface area contributed by atoms with Crippen LogP contribution in [0.3, 0.4) is 0 Å². The zero-order valence-electron chi connectivity index (χ0n) is 55.1. The number of furan rings is 2. The molecule has 4 heterocycles. The van der Waals surface area contributed by atoms with Gasteiger partial charge < -0.3 is 18.6 Å². The maximum Gasteiger partial charge on any atom is 0.252 e. The van der Waals surface area contributed by atoms with E-state index in [0.717, 1.165) is 156 Å². The first kappa shape index (κ1) is 58.0. The van der Waals surface area contributed by atoms with Crippen molar-refractivity contribution in [2.45, 2.75) is 26.2 Å². The van der Waals surface area contributed by atoms with Crippen LogP contribution in [-0.4, -0.2) is 6.71 Å². The summed E-state index contributed by atoms with van der Waals surface area (Å²) in [6.45, 7) is 6.80. The molecular formula is C94H65BN2O2. The van der Waals surface area contributed by atoms with Crippen LogP contribution in [0.15, 0.2) is 349 Å². The summed E-state index contributed by atoms with van der Waals surface area (Å²) in [5.41, 5.74) is 32.1. The molecule has 19 rings (SSSR count). The first-order valence-corrected chi connectivity index (χ1v) is 34.3. The molecule has 0 spiro atoms. The molecule has 99 heavy (non-hydrogen) atoms. The number of anilines is 6. The molecule has 4 nitrogen and oxygen atoms in total. The van der Waals surface area contributed by atoms with Crippen LogP contribution >= 0.6 is 0 Å². The normalized spacial score (nSPS) is 12.5. The second-order valence-corrected chi connectivity index (χ2v) is 27.4. The van der Waals surface area contributed by atoms with Crippen LogP contribution in [0.4, 0.5) is 34.1 Å². The number of para-hydroxylation sites is 2. The van der Waals surface area contributed by atoms with Crippen molar-refractivity contribution in [1.82, 2.24) is 0 Å². The van der Waals surface area contributed by atoms with Crippen molar-refractivity contribution >= 4 is 101 Å². The zero-order chi connectivity index (χ0) is 65.9. The van der Waals surface area contributed by atoms with Gasteiger partial charge in [0.25, 0.3) is 6.71 Å². The van der Waals surface area contributed by atoms with E-state index >= 15 is 0 Å². The average Bonchev–Trinajstić information content (AvgIpc) is 1.51. The number of nitrogens with zero attached hydrogens (tertiary/aromatic N) is 2. The Labute approximate surface area is 576 Å². The highest BCUT2D eigenvalue weighted by atomic mass is 16.3. The molecule has 0 atom stereocenters. The lowest BCUT2D eigenvalue weighted by atomic mass is 9.33. The van der Waals surface area contributed by atoms with E-state index in [9.17, 15) is 0 Å². The van der Waals surface area contributed by atoms with Crippen molar-refractivity contribution in [3.05, 3.63) is 345 Å². The highest BCUT2D eigenvalue weighted by Gasteiger charge is 2.47. The van der Waals surface area contributed by atoms with Gasteiger partial charge in [0.15, 0.2) is 0 Å². The second kappa shape index (κ2) is 23.2. The Morgan fingerprint density at radius 1 is 0.263 bits per heavy atom. The number of hydrogen-bond acceptors (Lipinski definition) is 4. The molecule has 15 aromatic carbocycles. The third-order valence-electron chi connectivity index (χ3n) is 20.5. The van der Waals surface area contributed by atoms with Gasteiger partial charge in [-0.05, 0) is 161 Å². The van der Waals surface area contributed by atoms with E-state index in [2.05, 4.69) is 370 Å².